The van der Waals surface area contributed by atoms with Gasteiger partial charge in [-0.3, -0.25) is 0 Å². The van der Waals surface area contributed by atoms with Crippen molar-refractivity contribution in [3.05, 3.63) is 71.4 Å². The molecule has 1 aromatic heterocycles. The first-order valence-electron chi connectivity index (χ1n) is 9.61. The third-order valence-corrected chi connectivity index (χ3v) is 4.79. The molecule has 0 fully saturated rings. The van der Waals surface area contributed by atoms with Crippen LogP contribution in [0.2, 0.25) is 5.02 Å². The number of nitrogens with one attached hydrogen (secondary N) is 2. The first kappa shape index (κ1) is 20.0. The lowest BCUT2D eigenvalue weighted by molar-refractivity contribution is 0.866. The number of anilines is 4. The van der Waals surface area contributed by atoms with Gasteiger partial charge in [-0.25, -0.2) is 4.98 Å². The minimum absolute atomic E-state index is 0.610. The molecular formula is C22H26ClN5. The summed E-state index contributed by atoms with van der Waals surface area (Å²) in [5, 5.41) is 7.36. The van der Waals surface area contributed by atoms with E-state index in [0.29, 0.717) is 5.95 Å². The fourth-order valence-electron chi connectivity index (χ4n) is 2.98. The first-order chi connectivity index (χ1) is 13.7. The Kier molecular flexibility index (Phi) is 7.09. The molecule has 0 saturated heterocycles. The molecule has 0 unspecified atom stereocenters. The van der Waals surface area contributed by atoms with Gasteiger partial charge in [-0.1, -0.05) is 23.7 Å². The van der Waals surface area contributed by atoms with Crippen molar-refractivity contribution < 1.29 is 0 Å². The lowest BCUT2D eigenvalue weighted by Crippen LogP contribution is -2.21. The van der Waals surface area contributed by atoms with Crippen LogP contribution in [0.1, 0.15) is 19.4 Å². The Balaban J connectivity index is 1.56. The standard InChI is InChI=1S/C22H26ClN5/c1-3-28(4-2)20-11-9-19(10-12-20)26-21-14-16-25-22(27-21)24-15-13-17-5-7-18(23)8-6-17/h5-12,14,16H,3-4,13,15H2,1-2H3,(H2,24,25,26,27). The Labute approximate surface area is 171 Å². The molecule has 2 N–H and O–H groups in total. The fraction of sp³-hybridized carbons (Fsp3) is 0.273. The van der Waals surface area contributed by atoms with E-state index in [1.807, 2.05) is 30.3 Å². The van der Waals surface area contributed by atoms with Crippen LogP contribution in [0.15, 0.2) is 60.8 Å². The van der Waals surface area contributed by atoms with Crippen molar-refractivity contribution in [2.24, 2.45) is 0 Å². The van der Waals surface area contributed by atoms with Gasteiger partial charge in [0.15, 0.2) is 0 Å². The van der Waals surface area contributed by atoms with Crippen molar-refractivity contribution >= 4 is 34.7 Å². The highest BCUT2D eigenvalue weighted by Crippen LogP contribution is 2.20. The van der Waals surface area contributed by atoms with Crippen LogP contribution in [-0.4, -0.2) is 29.6 Å². The van der Waals surface area contributed by atoms with Crippen LogP contribution in [0.3, 0.4) is 0 Å². The second kappa shape index (κ2) is 9.95. The van der Waals surface area contributed by atoms with Gasteiger partial charge in [0.1, 0.15) is 5.82 Å². The summed E-state index contributed by atoms with van der Waals surface area (Å²) in [5.74, 6) is 1.37. The van der Waals surface area contributed by atoms with Crippen molar-refractivity contribution in [2.75, 3.05) is 35.2 Å². The molecule has 5 nitrogen and oxygen atoms in total. The number of aromatic nitrogens is 2. The Morgan fingerprint density at radius 3 is 2.32 bits per heavy atom. The van der Waals surface area contributed by atoms with Crippen LogP contribution in [0.25, 0.3) is 0 Å². The molecule has 0 atom stereocenters. The smallest absolute Gasteiger partial charge is 0.224 e. The van der Waals surface area contributed by atoms with E-state index in [-0.39, 0.29) is 0 Å². The van der Waals surface area contributed by atoms with Crippen molar-refractivity contribution in [3.63, 3.8) is 0 Å². The molecule has 146 valence electrons. The third kappa shape index (κ3) is 5.60. The van der Waals surface area contributed by atoms with E-state index in [1.165, 1.54) is 11.3 Å². The largest absolute Gasteiger partial charge is 0.372 e. The molecule has 0 saturated carbocycles. The van der Waals surface area contributed by atoms with Crippen LogP contribution in [0.5, 0.6) is 0 Å². The monoisotopic (exact) mass is 395 g/mol. The predicted octanol–water partition coefficient (Wildman–Crippen LogP) is 5.37. The summed E-state index contributed by atoms with van der Waals surface area (Å²) in [5.41, 5.74) is 3.45. The summed E-state index contributed by atoms with van der Waals surface area (Å²) < 4.78 is 0. The number of rotatable bonds is 9. The van der Waals surface area contributed by atoms with Gasteiger partial charge in [-0.05, 0) is 68.3 Å². The van der Waals surface area contributed by atoms with E-state index in [4.69, 9.17) is 11.6 Å². The molecule has 0 bridgehead atoms. The molecule has 28 heavy (non-hydrogen) atoms. The summed E-state index contributed by atoms with van der Waals surface area (Å²) in [4.78, 5) is 11.2. The van der Waals surface area contributed by atoms with Gasteiger partial charge in [-0.2, -0.15) is 4.98 Å². The van der Waals surface area contributed by atoms with Gasteiger partial charge in [0.05, 0.1) is 0 Å². The number of benzene rings is 2. The molecule has 0 aliphatic rings. The average molecular weight is 396 g/mol. The van der Waals surface area contributed by atoms with Crippen molar-refractivity contribution in [3.8, 4) is 0 Å². The maximum Gasteiger partial charge on any atom is 0.224 e. The van der Waals surface area contributed by atoms with Crippen molar-refractivity contribution in [2.45, 2.75) is 20.3 Å². The third-order valence-electron chi connectivity index (χ3n) is 4.53. The zero-order valence-electron chi connectivity index (χ0n) is 16.3. The zero-order valence-corrected chi connectivity index (χ0v) is 17.1. The van der Waals surface area contributed by atoms with E-state index in [9.17, 15) is 0 Å². The Hall–Kier alpha value is -2.79. The van der Waals surface area contributed by atoms with Gasteiger partial charge in [0.2, 0.25) is 5.95 Å². The zero-order chi connectivity index (χ0) is 19.8. The van der Waals surface area contributed by atoms with E-state index in [2.05, 4.69) is 63.6 Å². The first-order valence-corrected chi connectivity index (χ1v) is 9.99. The highest BCUT2D eigenvalue weighted by atomic mass is 35.5. The van der Waals surface area contributed by atoms with E-state index < -0.39 is 0 Å². The molecule has 2 aromatic carbocycles. The summed E-state index contributed by atoms with van der Waals surface area (Å²) >= 11 is 5.92. The maximum absolute atomic E-state index is 5.92. The normalized spacial score (nSPS) is 10.5. The van der Waals surface area contributed by atoms with Crippen LogP contribution >= 0.6 is 11.6 Å². The molecule has 3 rings (SSSR count). The number of hydrogen-bond donors (Lipinski definition) is 2. The van der Waals surface area contributed by atoms with Crippen LogP contribution in [0, 0.1) is 0 Å². The summed E-state index contributed by atoms with van der Waals surface area (Å²) in [6, 6.07) is 18.1. The van der Waals surface area contributed by atoms with Gasteiger partial charge >= 0.3 is 0 Å². The molecule has 0 amide bonds. The lowest BCUT2D eigenvalue weighted by Gasteiger charge is -2.21. The Morgan fingerprint density at radius 2 is 1.64 bits per heavy atom. The second-order valence-corrected chi connectivity index (χ2v) is 6.85. The van der Waals surface area contributed by atoms with Gasteiger partial charge in [0, 0.05) is 42.2 Å². The second-order valence-electron chi connectivity index (χ2n) is 6.41. The molecule has 0 aliphatic carbocycles. The Morgan fingerprint density at radius 1 is 0.929 bits per heavy atom. The number of hydrogen-bond acceptors (Lipinski definition) is 5. The van der Waals surface area contributed by atoms with E-state index in [1.54, 1.807) is 6.20 Å². The molecule has 0 radical (unpaired) electrons. The summed E-state index contributed by atoms with van der Waals surface area (Å²) in [6.07, 6.45) is 2.63. The van der Waals surface area contributed by atoms with E-state index in [0.717, 1.165) is 42.6 Å². The summed E-state index contributed by atoms with van der Waals surface area (Å²) in [7, 11) is 0. The van der Waals surface area contributed by atoms with Crippen molar-refractivity contribution in [1.82, 2.24) is 9.97 Å². The van der Waals surface area contributed by atoms with Crippen LogP contribution < -0.4 is 15.5 Å². The predicted molar refractivity (Wildman–Crippen MR) is 119 cm³/mol. The highest BCUT2D eigenvalue weighted by molar-refractivity contribution is 6.30. The molecule has 1 heterocycles. The van der Waals surface area contributed by atoms with Gasteiger partial charge in [-0.15, -0.1) is 0 Å². The topological polar surface area (TPSA) is 53.1 Å². The lowest BCUT2D eigenvalue weighted by atomic mass is 10.1. The van der Waals surface area contributed by atoms with Gasteiger partial charge < -0.3 is 15.5 Å². The molecular weight excluding hydrogens is 370 g/mol. The molecule has 6 heteroatoms. The molecule has 0 spiro atoms. The summed E-state index contributed by atoms with van der Waals surface area (Å²) in [6.45, 7) is 7.08. The van der Waals surface area contributed by atoms with E-state index >= 15 is 0 Å². The van der Waals surface area contributed by atoms with Crippen LogP contribution in [0.4, 0.5) is 23.1 Å². The minimum atomic E-state index is 0.610. The van der Waals surface area contributed by atoms with Gasteiger partial charge in [0.25, 0.3) is 0 Å². The quantitative estimate of drug-likeness (QED) is 0.509. The highest BCUT2D eigenvalue weighted by Gasteiger charge is 2.03. The molecule has 3 aromatic rings. The number of halogens is 1. The molecule has 0 aliphatic heterocycles. The van der Waals surface area contributed by atoms with Crippen LogP contribution in [-0.2, 0) is 6.42 Å². The fourth-order valence-corrected chi connectivity index (χ4v) is 3.10. The number of nitrogens with zero attached hydrogens (tertiary/aromatic N) is 3. The minimum Gasteiger partial charge on any atom is -0.372 e. The van der Waals surface area contributed by atoms with Crippen molar-refractivity contribution in [1.29, 1.82) is 0 Å². The average Bonchev–Trinajstić information content (AvgIpc) is 2.72. The SMILES string of the molecule is CCN(CC)c1ccc(Nc2ccnc(NCCc3ccc(Cl)cc3)n2)cc1. The Bertz CT molecular complexity index is 861. The maximum atomic E-state index is 5.92.